The molecule has 0 aromatic heterocycles. The maximum atomic E-state index is 4.29. The summed E-state index contributed by atoms with van der Waals surface area (Å²) >= 11 is 0. The van der Waals surface area contributed by atoms with Crippen LogP contribution < -0.4 is 0 Å². The molecule has 0 heterocycles. The number of hydrogen-bond donors (Lipinski definition) is 0. The summed E-state index contributed by atoms with van der Waals surface area (Å²) in [6, 6.07) is 0. The van der Waals surface area contributed by atoms with E-state index in [-0.39, 0.29) is 5.41 Å². The van der Waals surface area contributed by atoms with E-state index in [2.05, 4.69) is 45.3 Å². The van der Waals surface area contributed by atoms with Crippen molar-refractivity contribution in [2.24, 2.45) is 10.4 Å². The van der Waals surface area contributed by atoms with Crippen LogP contribution >= 0.6 is 0 Å². The summed E-state index contributed by atoms with van der Waals surface area (Å²) in [7, 11) is 0. The number of aliphatic imine (C=N–C) groups is 1. The Kier molecular flexibility index (Phi) is 4.68. The van der Waals surface area contributed by atoms with Gasteiger partial charge in [-0.1, -0.05) is 40.3 Å². The van der Waals surface area contributed by atoms with Crippen LogP contribution in [0.2, 0.25) is 0 Å². The molecule has 0 saturated carbocycles. The van der Waals surface area contributed by atoms with Crippen LogP contribution in [0, 0.1) is 5.41 Å². The molecule has 0 aliphatic carbocycles. The second-order valence-corrected chi connectivity index (χ2v) is 4.17. The highest BCUT2D eigenvalue weighted by atomic mass is 14.7. The lowest BCUT2D eigenvalue weighted by Crippen LogP contribution is -2.10. The summed E-state index contributed by atoms with van der Waals surface area (Å²) in [5, 5.41) is 0. The standard InChI is InChI=1S/C12H21N/c1-7-10(3)13-9-11(8-2)12(4,5)6/h8-9H,3,7H2,1-2,4-6H3/b11-8+,13-9?. The lowest BCUT2D eigenvalue weighted by molar-refractivity contribution is 0.526. The Morgan fingerprint density at radius 1 is 1.38 bits per heavy atom. The maximum Gasteiger partial charge on any atom is 0.0329 e. The average Bonchev–Trinajstić information content (AvgIpc) is 2.02. The molecule has 1 nitrogen and oxygen atoms in total. The Balaban J connectivity index is 4.50. The smallest absolute Gasteiger partial charge is 0.0329 e. The van der Waals surface area contributed by atoms with Gasteiger partial charge < -0.3 is 0 Å². The molecule has 0 spiro atoms. The molecule has 0 rings (SSSR count). The van der Waals surface area contributed by atoms with Gasteiger partial charge in [-0.05, 0) is 24.3 Å². The predicted molar refractivity (Wildman–Crippen MR) is 61.1 cm³/mol. The zero-order valence-corrected chi connectivity index (χ0v) is 9.52. The molecule has 0 fully saturated rings. The fraction of sp³-hybridized carbons (Fsp3) is 0.583. The average molecular weight is 179 g/mol. The molecular weight excluding hydrogens is 158 g/mol. The highest BCUT2D eigenvalue weighted by Gasteiger charge is 2.13. The van der Waals surface area contributed by atoms with Crippen LogP contribution in [0.1, 0.15) is 41.0 Å². The van der Waals surface area contributed by atoms with Crippen LogP contribution in [0.4, 0.5) is 0 Å². The minimum atomic E-state index is 0.173. The second kappa shape index (κ2) is 5.00. The van der Waals surface area contributed by atoms with Gasteiger partial charge in [0.2, 0.25) is 0 Å². The van der Waals surface area contributed by atoms with Crippen LogP contribution in [-0.4, -0.2) is 6.21 Å². The van der Waals surface area contributed by atoms with E-state index < -0.39 is 0 Å². The van der Waals surface area contributed by atoms with Gasteiger partial charge in [0.25, 0.3) is 0 Å². The third-order valence-electron chi connectivity index (χ3n) is 1.97. The molecule has 0 amide bonds. The quantitative estimate of drug-likeness (QED) is 0.581. The van der Waals surface area contributed by atoms with Crippen molar-refractivity contribution < 1.29 is 0 Å². The highest BCUT2D eigenvalue weighted by Crippen LogP contribution is 2.23. The first-order chi connectivity index (χ1) is 5.91. The normalized spacial score (nSPS) is 13.8. The van der Waals surface area contributed by atoms with Crippen molar-refractivity contribution >= 4 is 6.21 Å². The SMILES string of the molecule is C=C(CC)N=C/C(=C\C)C(C)(C)C. The van der Waals surface area contributed by atoms with Crippen molar-refractivity contribution in [2.75, 3.05) is 0 Å². The van der Waals surface area contributed by atoms with E-state index in [0.717, 1.165) is 12.1 Å². The third kappa shape index (κ3) is 4.66. The molecule has 1 heteroatoms. The summed E-state index contributed by atoms with van der Waals surface area (Å²) < 4.78 is 0. The van der Waals surface area contributed by atoms with Crippen molar-refractivity contribution in [3.63, 3.8) is 0 Å². The van der Waals surface area contributed by atoms with Gasteiger partial charge in [-0.15, -0.1) is 0 Å². The zero-order valence-electron chi connectivity index (χ0n) is 9.52. The molecular formula is C12H21N. The third-order valence-corrected chi connectivity index (χ3v) is 1.97. The molecule has 74 valence electrons. The molecule has 0 aliphatic heterocycles. The molecule has 0 aromatic rings. The first-order valence-corrected chi connectivity index (χ1v) is 4.80. The van der Waals surface area contributed by atoms with Gasteiger partial charge in [-0.2, -0.15) is 0 Å². The molecule has 0 N–H and O–H groups in total. The minimum absolute atomic E-state index is 0.173. The fourth-order valence-electron chi connectivity index (χ4n) is 0.953. The highest BCUT2D eigenvalue weighted by molar-refractivity contribution is 5.80. The van der Waals surface area contributed by atoms with Crippen LogP contribution in [0.3, 0.4) is 0 Å². The van der Waals surface area contributed by atoms with E-state index in [0.29, 0.717) is 0 Å². The minimum Gasteiger partial charge on any atom is -0.262 e. The predicted octanol–water partition coefficient (Wildman–Crippen LogP) is 3.97. The van der Waals surface area contributed by atoms with Gasteiger partial charge >= 0.3 is 0 Å². The number of hydrogen-bond acceptors (Lipinski definition) is 1. The van der Waals surface area contributed by atoms with E-state index in [4.69, 9.17) is 0 Å². The van der Waals surface area contributed by atoms with Gasteiger partial charge in [0.05, 0.1) is 0 Å². The summed E-state index contributed by atoms with van der Waals surface area (Å²) in [4.78, 5) is 4.29. The molecule has 0 aliphatic rings. The van der Waals surface area contributed by atoms with E-state index in [9.17, 15) is 0 Å². The topological polar surface area (TPSA) is 12.4 Å². The molecule has 13 heavy (non-hydrogen) atoms. The van der Waals surface area contributed by atoms with Gasteiger partial charge in [0, 0.05) is 11.9 Å². The Morgan fingerprint density at radius 3 is 2.23 bits per heavy atom. The molecule has 0 unspecified atom stereocenters. The lowest BCUT2D eigenvalue weighted by atomic mass is 9.87. The molecule has 0 bridgehead atoms. The maximum absolute atomic E-state index is 4.29. The molecule has 0 radical (unpaired) electrons. The Hall–Kier alpha value is -0.850. The van der Waals surface area contributed by atoms with Crippen molar-refractivity contribution in [1.82, 2.24) is 0 Å². The van der Waals surface area contributed by atoms with Gasteiger partial charge in [0.15, 0.2) is 0 Å². The lowest BCUT2D eigenvalue weighted by Gasteiger charge is -2.19. The summed E-state index contributed by atoms with van der Waals surface area (Å²) in [5.41, 5.74) is 2.36. The van der Waals surface area contributed by atoms with Crippen molar-refractivity contribution in [1.29, 1.82) is 0 Å². The van der Waals surface area contributed by atoms with E-state index in [1.165, 1.54) is 5.57 Å². The van der Waals surface area contributed by atoms with Gasteiger partial charge in [0.1, 0.15) is 0 Å². The van der Waals surface area contributed by atoms with Gasteiger partial charge in [-0.25, -0.2) is 0 Å². The van der Waals surface area contributed by atoms with Crippen molar-refractivity contribution in [3.8, 4) is 0 Å². The van der Waals surface area contributed by atoms with E-state index in [1.807, 2.05) is 13.1 Å². The first kappa shape index (κ1) is 12.2. The zero-order chi connectivity index (χ0) is 10.5. The van der Waals surface area contributed by atoms with Crippen LogP contribution in [0.5, 0.6) is 0 Å². The van der Waals surface area contributed by atoms with Crippen molar-refractivity contribution in [2.45, 2.75) is 41.0 Å². The summed E-state index contributed by atoms with van der Waals surface area (Å²) in [5.74, 6) is 0. The molecule has 0 atom stereocenters. The van der Waals surface area contributed by atoms with Gasteiger partial charge in [-0.3, -0.25) is 4.99 Å². The van der Waals surface area contributed by atoms with Crippen LogP contribution in [-0.2, 0) is 0 Å². The molecule has 0 saturated heterocycles. The van der Waals surface area contributed by atoms with Crippen molar-refractivity contribution in [3.05, 3.63) is 23.9 Å². The van der Waals surface area contributed by atoms with Crippen LogP contribution in [0.15, 0.2) is 28.9 Å². The monoisotopic (exact) mass is 179 g/mol. The fourth-order valence-corrected chi connectivity index (χ4v) is 0.953. The summed E-state index contributed by atoms with van der Waals surface area (Å²) in [6.45, 7) is 14.5. The molecule has 0 aromatic carbocycles. The Labute approximate surface area is 82.3 Å². The largest absolute Gasteiger partial charge is 0.262 e. The Morgan fingerprint density at radius 2 is 1.92 bits per heavy atom. The number of nitrogens with zero attached hydrogens (tertiary/aromatic N) is 1. The first-order valence-electron chi connectivity index (χ1n) is 4.80. The second-order valence-electron chi connectivity index (χ2n) is 4.17. The summed E-state index contributed by atoms with van der Waals surface area (Å²) in [6.07, 6.45) is 4.94. The van der Waals surface area contributed by atoms with Crippen LogP contribution in [0.25, 0.3) is 0 Å². The number of allylic oxidation sites excluding steroid dienone is 3. The number of rotatable bonds is 3. The van der Waals surface area contributed by atoms with E-state index in [1.54, 1.807) is 0 Å². The van der Waals surface area contributed by atoms with E-state index >= 15 is 0 Å². The Bertz CT molecular complexity index is 226.